The smallest absolute Gasteiger partial charge is 0.108 e. The molecule has 1 aliphatic carbocycles. The Morgan fingerprint density at radius 1 is 1.41 bits per heavy atom. The highest BCUT2D eigenvalue weighted by atomic mass is 32.2. The van der Waals surface area contributed by atoms with Crippen LogP contribution in [0.5, 0.6) is 0 Å². The van der Waals surface area contributed by atoms with Crippen molar-refractivity contribution in [3.05, 3.63) is 0 Å². The molecule has 0 radical (unpaired) electrons. The van der Waals surface area contributed by atoms with Gasteiger partial charge in [-0.15, -0.1) is 0 Å². The Balaban J connectivity index is 2.10. The number of hydrogen-bond donors (Lipinski definition) is 1. The van der Waals surface area contributed by atoms with Gasteiger partial charge in [0.05, 0.1) is 15.4 Å². The predicted molar refractivity (Wildman–Crippen MR) is 62.3 cm³/mol. The number of nitrogens with one attached hydrogen (secondary N) is 1. The fourth-order valence-electron chi connectivity index (χ4n) is 3.21. The molecule has 2 rings (SSSR count). The molecule has 4 unspecified atom stereocenters. The van der Waals surface area contributed by atoms with Gasteiger partial charge in [-0.1, -0.05) is 6.42 Å². The fourth-order valence-corrected chi connectivity index (χ4v) is 4.43. The zero-order chi connectivity index (χ0) is 12.5. The maximum absolute atomic E-state index is 11.3. The first-order valence-electron chi connectivity index (χ1n) is 6.32. The van der Waals surface area contributed by atoms with Gasteiger partial charge in [-0.3, -0.25) is 5.32 Å². The van der Waals surface area contributed by atoms with Crippen molar-refractivity contribution >= 4 is 10.1 Å². The Bertz CT molecular complexity index is 356. The molecule has 2 aliphatic rings. The van der Waals surface area contributed by atoms with Gasteiger partial charge in [0.1, 0.15) is 6.23 Å². The molecule has 1 heterocycles. The van der Waals surface area contributed by atoms with Crippen LogP contribution in [0, 0.1) is 11.8 Å². The summed E-state index contributed by atoms with van der Waals surface area (Å²) in [6.07, 6.45) is 2.93. The normalized spacial score (nSPS) is 38.7. The number of piperidine rings is 1. The average Bonchev–Trinajstić information content (AvgIpc) is 2.27. The minimum atomic E-state index is -4.17. The molecule has 0 aromatic carbocycles. The van der Waals surface area contributed by atoms with Gasteiger partial charge in [0.25, 0.3) is 0 Å². The van der Waals surface area contributed by atoms with E-state index in [1.807, 2.05) is 6.92 Å². The van der Waals surface area contributed by atoms with Crippen LogP contribution in [0.2, 0.25) is 0 Å². The molecule has 1 aliphatic heterocycles. The number of ether oxygens (including phenoxy) is 1. The van der Waals surface area contributed by atoms with E-state index in [0.29, 0.717) is 25.4 Å². The Morgan fingerprint density at radius 2 is 2.18 bits per heavy atom. The SMILES string of the molecule is CCOC1CC2C(CCCC2S(=O)(=O)[O-])CN1. The monoisotopic (exact) mass is 262 g/mol. The standard InChI is InChI=1S/C11H21NO4S/c1-2-16-11-6-9-8(7-12-11)4-3-5-10(9)17(13,14)15/h8-12H,2-7H2,1H3,(H,13,14,15)/p-1. The number of hydrogen-bond acceptors (Lipinski definition) is 5. The van der Waals surface area contributed by atoms with Crippen molar-refractivity contribution in [3.63, 3.8) is 0 Å². The molecule has 0 aromatic rings. The summed E-state index contributed by atoms with van der Waals surface area (Å²) in [5.74, 6) is 0.290. The summed E-state index contributed by atoms with van der Waals surface area (Å²) in [7, 11) is -4.17. The van der Waals surface area contributed by atoms with Crippen LogP contribution in [0.15, 0.2) is 0 Å². The van der Waals surface area contributed by atoms with E-state index < -0.39 is 15.4 Å². The van der Waals surface area contributed by atoms with Crippen LogP contribution >= 0.6 is 0 Å². The Labute approximate surface area is 103 Å². The van der Waals surface area contributed by atoms with E-state index in [-0.39, 0.29) is 12.1 Å². The zero-order valence-corrected chi connectivity index (χ0v) is 10.9. The van der Waals surface area contributed by atoms with E-state index in [0.717, 1.165) is 19.4 Å². The fraction of sp³-hybridized carbons (Fsp3) is 1.00. The molecule has 1 saturated heterocycles. The largest absolute Gasteiger partial charge is 0.748 e. The molecule has 2 fully saturated rings. The van der Waals surface area contributed by atoms with Crippen molar-refractivity contribution in [2.75, 3.05) is 13.2 Å². The second-order valence-electron chi connectivity index (χ2n) is 4.97. The first-order valence-corrected chi connectivity index (χ1v) is 7.79. The lowest BCUT2D eigenvalue weighted by molar-refractivity contribution is -0.0198. The highest BCUT2D eigenvalue weighted by molar-refractivity contribution is 7.86. The van der Waals surface area contributed by atoms with Crippen molar-refractivity contribution in [2.24, 2.45) is 11.8 Å². The second kappa shape index (κ2) is 5.22. The number of rotatable bonds is 3. The van der Waals surface area contributed by atoms with Crippen LogP contribution in [0.1, 0.15) is 32.6 Å². The summed E-state index contributed by atoms with van der Waals surface area (Å²) in [5, 5.41) is 2.57. The molecule has 17 heavy (non-hydrogen) atoms. The minimum Gasteiger partial charge on any atom is -0.748 e. The third-order valence-electron chi connectivity index (χ3n) is 3.98. The van der Waals surface area contributed by atoms with Crippen molar-refractivity contribution < 1.29 is 17.7 Å². The maximum Gasteiger partial charge on any atom is 0.108 e. The minimum absolute atomic E-state index is 0.0240. The Morgan fingerprint density at radius 3 is 2.82 bits per heavy atom. The molecule has 5 nitrogen and oxygen atoms in total. The van der Waals surface area contributed by atoms with Gasteiger partial charge in [-0.05, 0) is 38.0 Å². The molecule has 0 aromatic heterocycles. The van der Waals surface area contributed by atoms with Gasteiger partial charge in [0.2, 0.25) is 0 Å². The van der Waals surface area contributed by atoms with Gasteiger partial charge in [0.15, 0.2) is 0 Å². The molecule has 0 spiro atoms. The first kappa shape index (κ1) is 13.3. The highest BCUT2D eigenvalue weighted by Gasteiger charge is 2.40. The summed E-state index contributed by atoms with van der Waals surface area (Å²) in [6.45, 7) is 3.28. The molecular weight excluding hydrogens is 242 g/mol. The van der Waals surface area contributed by atoms with Crippen LogP contribution in [0.4, 0.5) is 0 Å². The summed E-state index contributed by atoms with van der Waals surface area (Å²) >= 11 is 0. The number of fused-ring (bicyclic) bond motifs is 1. The van der Waals surface area contributed by atoms with Crippen molar-refractivity contribution in [3.8, 4) is 0 Å². The molecule has 4 atom stereocenters. The van der Waals surface area contributed by atoms with E-state index in [1.54, 1.807) is 0 Å². The lowest BCUT2D eigenvalue weighted by atomic mass is 9.75. The van der Waals surface area contributed by atoms with Gasteiger partial charge < -0.3 is 9.29 Å². The summed E-state index contributed by atoms with van der Waals surface area (Å²) < 4.78 is 39.4. The highest BCUT2D eigenvalue weighted by Crippen LogP contribution is 2.38. The van der Waals surface area contributed by atoms with E-state index >= 15 is 0 Å². The topological polar surface area (TPSA) is 78.5 Å². The summed E-state index contributed by atoms with van der Waals surface area (Å²) in [5.41, 5.74) is 0. The van der Waals surface area contributed by atoms with Gasteiger partial charge >= 0.3 is 0 Å². The van der Waals surface area contributed by atoms with Crippen LogP contribution in [0.25, 0.3) is 0 Å². The van der Waals surface area contributed by atoms with E-state index in [9.17, 15) is 13.0 Å². The van der Waals surface area contributed by atoms with Crippen LogP contribution in [-0.4, -0.2) is 37.6 Å². The van der Waals surface area contributed by atoms with Crippen molar-refractivity contribution in [1.82, 2.24) is 5.32 Å². The van der Waals surface area contributed by atoms with Crippen LogP contribution in [-0.2, 0) is 14.9 Å². The molecule has 100 valence electrons. The van der Waals surface area contributed by atoms with E-state index in [1.165, 1.54) is 0 Å². The average molecular weight is 262 g/mol. The van der Waals surface area contributed by atoms with E-state index in [4.69, 9.17) is 4.74 Å². The second-order valence-corrected chi connectivity index (χ2v) is 6.57. The van der Waals surface area contributed by atoms with Crippen LogP contribution < -0.4 is 5.32 Å². The van der Waals surface area contributed by atoms with Crippen molar-refractivity contribution in [2.45, 2.75) is 44.1 Å². The molecule has 1 saturated carbocycles. The predicted octanol–water partition coefficient (Wildman–Crippen LogP) is 0.672. The summed E-state index contributed by atoms with van der Waals surface area (Å²) in [4.78, 5) is 0. The van der Waals surface area contributed by atoms with E-state index in [2.05, 4.69) is 5.32 Å². The molecule has 6 heteroatoms. The molecule has 0 bridgehead atoms. The quantitative estimate of drug-likeness (QED) is 0.756. The molecular formula is C11H20NO4S-. The third-order valence-corrected chi connectivity index (χ3v) is 5.31. The third kappa shape index (κ3) is 2.99. The Kier molecular flexibility index (Phi) is 4.07. The lowest BCUT2D eigenvalue weighted by Crippen LogP contribution is -2.51. The molecule has 0 amide bonds. The Hall–Kier alpha value is -0.170. The van der Waals surface area contributed by atoms with Gasteiger partial charge in [-0.25, -0.2) is 8.42 Å². The first-order chi connectivity index (χ1) is 8.02. The molecule has 1 N–H and O–H groups in total. The summed E-state index contributed by atoms with van der Waals surface area (Å²) in [6, 6.07) is 0. The van der Waals surface area contributed by atoms with Crippen LogP contribution in [0.3, 0.4) is 0 Å². The van der Waals surface area contributed by atoms with Crippen molar-refractivity contribution in [1.29, 1.82) is 0 Å². The maximum atomic E-state index is 11.3. The van der Waals surface area contributed by atoms with Gasteiger partial charge in [0, 0.05) is 13.2 Å². The van der Waals surface area contributed by atoms with Gasteiger partial charge in [-0.2, -0.15) is 0 Å². The lowest BCUT2D eigenvalue weighted by Gasteiger charge is -2.44. The zero-order valence-electron chi connectivity index (χ0n) is 10.1.